The normalized spacial score (nSPS) is 14.3. The molecule has 1 aliphatic heterocycles. The molecule has 0 bridgehead atoms. The van der Waals surface area contributed by atoms with E-state index in [0.29, 0.717) is 25.5 Å². The zero-order chi connectivity index (χ0) is 26.0. The molecule has 0 aliphatic carbocycles. The minimum absolute atomic E-state index is 0.137. The first-order valence-electron chi connectivity index (χ1n) is 10.00. The Bertz CT molecular complexity index is 1460. The molecule has 1 fully saturated rings. The molecule has 4 rings (SSSR count). The van der Waals surface area contributed by atoms with Crippen molar-refractivity contribution >= 4 is 68.9 Å². The number of hydrogen-bond donors (Lipinski definition) is 0. The number of carbonyl (C=O) groups excluding carboxylic acids is 1. The second kappa shape index (κ2) is 10.3. The number of non-ortho nitro benzene ring substituents is 1. The third kappa shape index (κ3) is 5.15. The van der Waals surface area contributed by atoms with Crippen molar-refractivity contribution < 1.29 is 24.1 Å². The molecular weight excluding hydrogens is 530 g/mol. The number of anilines is 1. The Hall–Kier alpha value is -4.00. The largest absolute Gasteiger partial charge is 0.493 e. The van der Waals surface area contributed by atoms with Crippen molar-refractivity contribution in [2.24, 2.45) is 0 Å². The lowest BCUT2D eigenvalue weighted by molar-refractivity contribution is -0.394. The monoisotopic (exact) mass is 543 g/mol. The highest BCUT2D eigenvalue weighted by Gasteiger charge is 2.33. The fraction of sp³-hybridized carbons (Fsp3) is 0.0435. The van der Waals surface area contributed by atoms with Crippen molar-refractivity contribution in [1.82, 2.24) is 0 Å². The fourth-order valence-electron chi connectivity index (χ4n) is 3.28. The molecule has 0 unspecified atom stereocenters. The molecule has 1 heterocycles. The van der Waals surface area contributed by atoms with E-state index < -0.39 is 21.2 Å². The lowest BCUT2D eigenvalue weighted by Gasteiger charge is -2.14. The van der Waals surface area contributed by atoms with E-state index >= 15 is 0 Å². The number of hydrogen-bond acceptors (Lipinski definition) is 9. The maximum absolute atomic E-state index is 13.0. The van der Waals surface area contributed by atoms with Gasteiger partial charge < -0.3 is 9.47 Å². The second-order valence-electron chi connectivity index (χ2n) is 7.18. The Morgan fingerprint density at radius 3 is 2.42 bits per heavy atom. The highest BCUT2D eigenvalue weighted by molar-refractivity contribution is 8.27. The van der Waals surface area contributed by atoms with E-state index in [-0.39, 0.29) is 23.2 Å². The number of ether oxygens (including phenoxy) is 2. The molecule has 0 saturated carbocycles. The number of nitro groups is 2. The average molecular weight is 544 g/mol. The molecule has 3 aromatic carbocycles. The molecule has 0 radical (unpaired) electrons. The van der Waals surface area contributed by atoms with Crippen LogP contribution < -0.4 is 14.4 Å². The van der Waals surface area contributed by atoms with E-state index in [1.54, 1.807) is 42.5 Å². The highest BCUT2D eigenvalue weighted by Crippen LogP contribution is 2.40. The van der Waals surface area contributed by atoms with Crippen molar-refractivity contribution in [2.45, 2.75) is 0 Å². The number of halogens is 1. The first-order chi connectivity index (χ1) is 17.2. The minimum atomic E-state index is -0.773. The van der Waals surface area contributed by atoms with Crippen LogP contribution in [0.5, 0.6) is 17.2 Å². The van der Waals surface area contributed by atoms with Crippen molar-refractivity contribution in [3.05, 3.63) is 96.4 Å². The molecule has 0 aromatic heterocycles. The summed E-state index contributed by atoms with van der Waals surface area (Å²) in [7, 11) is 1.38. The first-order valence-corrected chi connectivity index (χ1v) is 11.6. The first kappa shape index (κ1) is 25.1. The quantitative estimate of drug-likeness (QED) is 0.145. The molecule has 1 amide bonds. The van der Waals surface area contributed by atoms with Crippen LogP contribution in [0.4, 0.5) is 17.1 Å². The smallest absolute Gasteiger partial charge is 0.318 e. The summed E-state index contributed by atoms with van der Waals surface area (Å²) < 4.78 is 11.4. The summed E-state index contributed by atoms with van der Waals surface area (Å²) in [6.45, 7) is 0. The fourth-order valence-corrected chi connectivity index (χ4v) is 4.77. The van der Waals surface area contributed by atoms with E-state index in [1.807, 2.05) is 0 Å². The Balaban J connectivity index is 1.62. The van der Waals surface area contributed by atoms with Crippen LogP contribution in [0.2, 0.25) is 5.02 Å². The lowest BCUT2D eigenvalue weighted by atomic mass is 10.1. The summed E-state index contributed by atoms with van der Waals surface area (Å²) in [5.41, 5.74) is 0.134. The number of thioether (sulfide) groups is 1. The van der Waals surface area contributed by atoms with Crippen LogP contribution >= 0.6 is 35.6 Å². The van der Waals surface area contributed by atoms with Gasteiger partial charge in [0.05, 0.1) is 33.6 Å². The second-order valence-corrected chi connectivity index (χ2v) is 9.29. The number of methoxy groups -OCH3 is 1. The van der Waals surface area contributed by atoms with Crippen LogP contribution in [-0.2, 0) is 4.79 Å². The van der Waals surface area contributed by atoms with Gasteiger partial charge in [-0.1, -0.05) is 47.7 Å². The number of nitro benzene ring substituents is 2. The topological polar surface area (TPSA) is 125 Å². The predicted octanol–water partition coefficient (Wildman–Crippen LogP) is 6.36. The van der Waals surface area contributed by atoms with Crippen molar-refractivity contribution in [3.63, 3.8) is 0 Å². The third-order valence-electron chi connectivity index (χ3n) is 4.92. The van der Waals surface area contributed by atoms with Crippen molar-refractivity contribution in [1.29, 1.82) is 0 Å². The number of benzene rings is 3. The van der Waals surface area contributed by atoms with Gasteiger partial charge in [0, 0.05) is 11.1 Å². The van der Waals surface area contributed by atoms with Gasteiger partial charge in [-0.15, -0.1) is 0 Å². The summed E-state index contributed by atoms with van der Waals surface area (Å²) >= 11 is 12.6. The van der Waals surface area contributed by atoms with Gasteiger partial charge in [0.15, 0.2) is 15.8 Å². The van der Waals surface area contributed by atoms with Gasteiger partial charge in [0.1, 0.15) is 0 Å². The van der Waals surface area contributed by atoms with Gasteiger partial charge in [-0.05, 0) is 48.0 Å². The Kier molecular flexibility index (Phi) is 7.20. The van der Waals surface area contributed by atoms with Gasteiger partial charge in [-0.2, -0.15) is 0 Å². The predicted molar refractivity (Wildman–Crippen MR) is 140 cm³/mol. The molecule has 182 valence electrons. The van der Waals surface area contributed by atoms with Crippen molar-refractivity contribution in [3.8, 4) is 17.2 Å². The molecule has 3 aromatic rings. The van der Waals surface area contributed by atoms with Gasteiger partial charge in [-0.25, -0.2) is 0 Å². The Morgan fingerprint density at radius 1 is 1.00 bits per heavy atom. The molecule has 36 heavy (non-hydrogen) atoms. The molecule has 0 spiro atoms. The Labute approximate surface area is 218 Å². The summed E-state index contributed by atoms with van der Waals surface area (Å²) in [5, 5.41) is 22.8. The van der Waals surface area contributed by atoms with E-state index in [1.165, 1.54) is 18.1 Å². The Morgan fingerprint density at radius 2 is 1.75 bits per heavy atom. The zero-order valence-corrected chi connectivity index (χ0v) is 20.6. The molecule has 10 nitrogen and oxygen atoms in total. The molecule has 1 aliphatic rings. The third-order valence-corrected chi connectivity index (χ3v) is 6.45. The molecular formula is C23H14ClN3O7S2. The van der Waals surface area contributed by atoms with Crippen molar-refractivity contribution in [2.75, 3.05) is 12.0 Å². The van der Waals surface area contributed by atoms with Gasteiger partial charge in [0.2, 0.25) is 5.75 Å². The number of thiocarbonyl (C=S) groups is 1. The van der Waals surface area contributed by atoms with Gasteiger partial charge in [0.25, 0.3) is 11.6 Å². The molecule has 1 saturated heterocycles. The van der Waals surface area contributed by atoms with Crippen LogP contribution in [0.3, 0.4) is 0 Å². The van der Waals surface area contributed by atoms with E-state index in [2.05, 4.69) is 0 Å². The lowest BCUT2D eigenvalue weighted by Crippen LogP contribution is -2.27. The van der Waals surface area contributed by atoms with E-state index in [9.17, 15) is 25.0 Å². The SMILES string of the molecule is COc1cc(C=C2SC(=S)N(c3cccc(Cl)c3)C2=O)ccc1Oc1ccc([N+](=O)[O-])cc1[N+](=O)[O-]. The highest BCUT2D eigenvalue weighted by atomic mass is 35.5. The van der Waals surface area contributed by atoms with Gasteiger partial charge >= 0.3 is 5.69 Å². The molecule has 0 N–H and O–H groups in total. The number of nitrogens with zero attached hydrogens (tertiary/aromatic N) is 3. The standard InChI is InChI=1S/C23H14ClN3O7S2/c1-33-20-9-13(10-21-22(28)25(23(35)36-21)15-4-2-3-14(24)11-15)5-7-19(20)34-18-8-6-16(26(29)30)12-17(18)27(31)32/h2-12H,1H3. The van der Waals surface area contributed by atoms with Crippen LogP contribution in [0.15, 0.2) is 65.6 Å². The maximum Gasteiger partial charge on any atom is 0.318 e. The number of rotatable bonds is 7. The van der Waals surface area contributed by atoms with Crippen LogP contribution in [0, 0.1) is 20.2 Å². The minimum Gasteiger partial charge on any atom is -0.493 e. The summed E-state index contributed by atoms with van der Waals surface area (Å²) in [4.78, 5) is 35.6. The summed E-state index contributed by atoms with van der Waals surface area (Å²) in [5.74, 6) is -0.146. The van der Waals surface area contributed by atoms with E-state index in [0.717, 1.165) is 30.0 Å². The molecule has 0 atom stereocenters. The van der Waals surface area contributed by atoms with Crippen LogP contribution in [0.25, 0.3) is 6.08 Å². The maximum atomic E-state index is 13.0. The van der Waals surface area contributed by atoms with Crippen LogP contribution in [0.1, 0.15) is 5.56 Å². The number of amides is 1. The molecule has 13 heteroatoms. The summed E-state index contributed by atoms with van der Waals surface area (Å²) in [6, 6.07) is 14.6. The van der Waals surface area contributed by atoms with Gasteiger partial charge in [-0.3, -0.25) is 29.9 Å². The average Bonchev–Trinajstić information content (AvgIpc) is 3.12. The number of carbonyl (C=O) groups is 1. The van der Waals surface area contributed by atoms with Crippen LogP contribution in [-0.4, -0.2) is 27.2 Å². The van der Waals surface area contributed by atoms with E-state index in [4.69, 9.17) is 33.3 Å². The summed E-state index contributed by atoms with van der Waals surface area (Å²) in [6.07, 6.45) is 1.63. The zero-order valence-electron chi connectivity index (χ0n) is 18.2.